The highest BCUT2D eigenvalue weighted by atomic mass is 32.1. The summed E-state index contributed by atoms with van der Waals surface area (Å²) in [5, 5.41) is 10.7. The van der Waals surface area contributed by atoms with Crippen LogP contribution in [-0.2, 0) is 20.8 Å². The van der Waals surface area contributed by atoms with Gasteiger partial charge in [0, 0.05) is 6.42 Å². The SMILES string of the molecule is O=C(Nc1nncs1)[C@H](Cc1ccccc1)N1C(=O)[C@H]2[C@H](C1=O)[C@H]1C=C[C@H]2CC1. The molecule has 5 atom stereocenters. The van der Waals surface area contributed by atoms with Crippen molar-refractivity contribution in [2.75, 3.05) is 5.32 Å². The quantitative estimate of drug-likeness (QED) is 0.605. The number of imide groups is 1. The number of hydrogen-bond acceptors (Lipinski definition) is 6. The van der Waals surface area contributed by atoms with E-state index in [1.165, 1.54) is 21.7 Å². The molecule has 2 aromatic rings. The first kappa shape index (κ1) is 18.2. The molecule has 148 valence electrons. The van der Waals surface area contributed by atoms with Gasteiger partial charge < -0.3 is 0 Å². The van der Waals surface area contributed by atoms with E-state index in [9.17, 15) is 14.4 Å². The van der Waals surface area contributed by atoms with Gasteiger partial charge in [0.25, 0.3) is 0 Å². The van der Waals surface area contributed by atoms with Gasteiger partial charge in [0.1, 0.15) is 11.6 Å². The third kappa shape index (κ3) is 3.07. The number of anilines is 1. The molecule has 3 amide bonds. The second-order valence-electron chi connectivity index (χ2n) is 7.83. The monoisotopic (exact) mass is 408 g/mol. The third-order valence-corrected chi connectivity index (χ3v) is 6.88. The molecule has 0 spiro atoms. The van der Waals surface area contributed by atoms with Crippen molar-refractivity contribution in [2.24, 2.45) is 23.7 Å². The zero-order valence-corrected chi connectivity index (χ0v) is 16.4. The second kappa shape index (κ2) is 7.18. The van der Waals surface area contributed by atoms with Gasteiger partial charge in [-0.15, -0.1) is 10.2 Å². The summed E-state index contributed by atoms with van der Waals surface area (Å²) in [6.07, 6.45) is 6.28. The standard InChI is InChI=1S/C21H20N4O3S/c26-18(23-21-24-22-11-29-21)15(10-12-4-2-1-3-5-12)25-19(27)16-13-6-7-14(9-8-13)17(16)20(25)28/h1-7,11,13-17H,8-10H2,(H,23,24,26)/t13-,14-,15-,16+,17+/m0/s1. The summed E-state index contributed by atoms with van der Waals surface area (Å²) in [6, 6.07) is 8.54. The lowest BCUT2D eigenvalue weighted by atomic mass is 9.63. The summed E-state index contributed by atoms with van der Waals surface area (Å²) in [5.41, 5.74) is 2.41. The fourth-order valence-corrected chi connectivity index (χ4v) is 5.41. The summed E-state index contributed by atoms with van der Waals surface area (Å²) in [6.45, 7) is 0. The average Bonchev–Trinajstić information content (AvgIpc) is 3.35. The van der Waals surface area contributed by atoms with E-state index in [-0.39, 0.29) is 41.9 Å². The van der Waals surface area contributed by atoms with Gasteiger partial charge in [-0.25, -0.2) is 0 Å². The first-order valence-corrected chi connectivity index (χ1v) is 10.7. The number of nitrogens with zero attached hydrogens (tertiary/aromatic N) is 3. The smallest absolute Gasteiger partial charge is 0.249 e. The first-order valence-electron chi connectivity index (χ1n) is 9.79. The van der Waals surface area contributed by atoms with Crippen LogP contribution in [0.5, 0.6) is 0 Å². The minimum Gasteiger partial charge on any atom is -0.299 e. The summed E-state index contributed by atoms with van der Waals surface area (Å²) in [5.74, 6) is -1.33. The molecule has 1 aliphatic heterocycles. The molecule has 1 aromatic carbocycles. The van der Waals surface area contributed by atoms with E-state index in [0.29, 0.717) is 5.13 Å². The number of fused-ring (bicyclic) bond motifs is 1. The van der Waals surface area contributed by atoms with Crippen molar-refractivity contribution in [1.29, 1.82) is 0 Å². The Hall–Kier alpha value is -2.87. The normalized spacial score (nSPS) is 28.5. The molecule has 2 bridgehead atoms. The van der Waals surface area contributed by atoms with Crippen molar-refractivity contribution in [2.45, 2.75) is 25.3 Å². The van der Waals surface area contributed by atoms with E-state index in [2.05, 4.69) is 27.7 Å². The molecule has 6 rings (SSSR count). The van der Waals surface area contributed by atoms with Crippen molar-refractivity contribution in [3.63, 3.8) is 0 Å². The summed E-state index contributed by atoms with van der Waals surface area (Å²) >= 11 is 1.20. The van der Waals surface area contributed by atoms with Gasteiger partial charge in [-0.05, 0) is 30.2 Å². The van der Waals surface area contributed by atoms with Crippen LogP contribution >= 0.6 is 11.3 Å². The summed E-state index contributed by atoms with van der Waals surface area (Å²) < 4.78 is 0. The van der Waals surface area contributed by atoms with Gasteiger partial charge in [-0.2, -0.15) is 0 Å². The van der Waals surface area contributed by atoms with E-state index in [1.54, 1.807) is 0 Å². The molecule has 3 aliphatic carbocycles. The topological polar surface area (TPSA) is 92.3 Å². The Kier molecular flexibility index (Phi) is 4.50. The van der Waals surface area contributed by atoms with Crippen molar-refractivity contribution in [3.05, 3.63) is 53.6 Å². The molecule has 2 fully saturated rings. The highest BCUT2D eigenvalue weighted by Gasteiger charge is 2.58. The maximum Gasteiger partial charge on any atom is 0.249 e. The Bertz CT molecular complexity index is 943. The second-order valence-corrected chi connectivity index (χ2v) is 8.66. The number of carbonyl (C=O) groups excluding carboxylic acids is 3. The molecule has 0 radical (unpaired) electrons. The predicted molar refractivity (Wildman–Crippen MR) is 107 cm³/mol. The lowest BCUT2D eigenvalue weighted by molar-refractivity contribution is -0.146. The third-order valence-electron chi connectivity index (χ3n) is 6.27. The average molecular weight is 408 g/mol. The molecule has 7 nitrogen and oxygen atoms in total. The molecule has 1 saturated heterocycles. The van der Waals surface area contributed by atoms with Crippen molar-refractivity contribution >= 4 is 34.2 Å². The Morgan fingerprint density at radius 3 is 2.31 bits per heavy atom. The number of hydrogen-bond donors (Lipinski definition) is 1. The fraction of sp³-hybridized carbons (Fsp3) is 0.381. The molecular formula is C21H20N4O3S. The van der Waals surface area contributed by atoms with E-state index in [0.717, 1.165) is 18.4 Å². The lowest BCUT2D eigenvalue weighted by Crippen LogP contribution is -2.49. The van der Waals surface area contributed by atoms with Gasteiger partial charge in [0.05, 0.1) is 11.8 Å². The lowest BCUT2D eigenvalue weighted by Gasteiger charge is -2.38. The molecule has 0 unspecified atom stereocenters. The van der Waals surface area contributed by atoms with Gasteiger partial charge in [-0.1, -0.05) is 53.8 Å². The Labute approximate surface area is 171 Å². The highest BCUT2D eigenvalue weighted by Crippen LogP contribution is 2.50. The number of carbonyl (C=O) groups is 3. The van der Waals surface area contributed by atoms with Crippen LogP contribution in [0.25, 0.3) is 0 Å². The van der Waals surface area contributed by atoms with Crippen LogP contribution in [0.2, 0.25) is 0 Å². The number of amides is 3. The van der Waals surface area contributed by atoms with E-state index >= 15 is 0 Å². The van der Waals surface area contributed by atoms with E-state index < -0.39 is 11.9 Å². The van der Waals surface area contributed by atoms with Crippen LogP contribution in [0.15, 0.2) is 48.0 Å². The zero-order chi connectivity index (χ0) is 20.0. The van der Waals surface area contributed by atoms with Gasteiger partial charge >= 0.3 is 0 Å². The Morgan fingerprint density at radius 2 is 1.76 bits per heavy atom. The number of benzene rings is 1. The number of aromatic nitrogens is 2. The highest BCUT2D eigenvalue weighted by molar-refractivity contribution is 7.13. The minimum atomic E-state index is -0.911. The van der Waals surface area contributed by atoms with Crippen LogP contribution in [0.1, 0.15) is 18.4 Å². The van der Waals surface area contributed by atoms with Crippen molar-refractivity contribution in [1.82, 2.24) is 15.1 Å². The maximum atomic E-state index is 13.3. The molecule has 8 heteroatoms. The van der Waals surface area contributed by atoms with Crippen LogP contribution in [0.3, 0.4) is 0 Å². The zero-order valence-electron chi connectivity index (χ0n) is 15.6. The summed E-state index contributed by atoms with van der Waals surface area (Å²) in [7, 11) is 0. The van der Waals surface area contributed by atoms with Gasteiger partial charge in [0.2, 0.25) is 22.9 Å². The van der Waals surface area contributed by atoms with Gasteiger partial charge in [0.15, 0.2) is 0 Å². The summed E-state index contributed by atoms with van der Waals surface area (Å²) in [4.78, 5) is 41.1. The number of likely N-dealkylation sites (tertiary alicyclic amines) is 1. The van der Waals surface area contributed by atoms with Crippen LogP contribution in [0.4, 0.5) is 5.13 Å². The van der Waals surface area contributed by atoms with Crippen molar-refractivity contribution < 1.29 is 14.4 Å². The van der Waals surface area contributed by atoms with E-state index in [1.807, 2.05) is 30.3 Å². The Morgan fingerprint density at radius 1 is 1.10 bits per heavy atom. The molecular weight excluding hydrogens is 388 g/mol. The number of allylic oxidation sites excluding steroid dienone is 2. The molecule has 1 saturated carbocycles. The maximum absolute atomic E-state index is 13.3. The molecule has 2 heterocycles. The Balaban J connectivity index is 1.48. The van der Waals surface area contributed by atoms with Crippen LogP contribution < -0.4 is 5.32 Å². The molecule has 1 aromatic heterocycles. The molecule has 1 N–H and O–H groups in total. The minimum absolute atomic E-state index is 0.0926. The molecule has 4 aliphatic rings. The molecule has 29 heavy (non-hydrogen) atoms. The van der Waals surface area contributed by atoms with E-state index in [4.69, 9.17) is 0 Å². The number of rotatable bonds is 5. The van der Waals surface area contributed by atoms with Crippen LogP contribution in [0, 0.1) is 23.7 Å². The predicted octanol–water partition coefficient (Wildman–Crippen LogP) is 2.29. The fourth-order valence-electron chi connectivity index (χ4n) is 4.96. The number of nitrogens with one attached hydrogen (secondary N) is 1. The van der Waals surface area contributed by atoms with Crippen LogP contribution in [-0.4, -0.2) is 38.9 Å². The van der Waals surface area contributed by atoms with Gasteiger partial charge in [-0.3, -0.25) is 24.6 Å². The van der Waals surface area contributed by atoms with Crippen molar-refractivity contribution in [3.8, 4) is 0 Å². The largest absolute Gasteiger partial charge is 0.299 e. The first-order chi connectivity index (χ1) is 14.1.